The van der Waals surface area contributed by atoms with Gasteiger partial charge in [-0.3, -0.25) is 4.98 Å². The lowest BCUT2D eigenvalue weighted by atomic mass is 10.2. The van der Waals surface area contributed by atoms with Gasteiger partial charge in [0.2, 0.25) is 0 Å². The molecule has 1 rings (SSSR count). The molecule has 0 radical (unpaired) electrons. The van der Waals surface area contributed by atoms with Gasteiger partial charge >= 0.3 is 6.09 Å². The molecule has 5 heteroatoms. The van der Waals surface area contributed by atoms with Gasteiger partial charge in [0.1, 0.15) is 11.4 Å². The van der Waals surface area contributed by atoms with Gasteiger partial charge in [0, 0.05) is 6.54 Å². The van der Waals surface area contributed by atoms with Gasteiger partial charge in [-0.1, -0.05) is 6.08 Å². The summed E-state index contributed by atoms with van der Waals surface area (Å²) in [5, 5.41) is 2.69. The number of carbonyl (C=O) groups excluding carboxylic acids is 1. The Morgan fingerprint density at radius 2 is 2.15 bits per heavy atom. The molecule has 1 N–H and O–H groups in total. The summed E-state index contributed by atoms with van der Waals surface area (Å²) in [4.78, 5) is 15.6. The zero-order valence-corrected chi connectivity index (χ0v) is 12.5. The third kappa shape index (κ3) is 6.78. The van der Waals surface area contributed by atoms with Gasteiger partial charge in [-0.15, -0.1) is 0 Å². The Labute approximate surface area is 120 Å². The number of carbonyl (C=O) groups is 1. The molecule has 1 amide bonds. The number of alkyl carbamates (subject to hydrolysis) is 1. The summed E-state index contributed by atoms with van der Waals surface area (Å²) in [6.45, 7) is 6.03. The Morgan fingerprint density at radius 1 is 1.40 bits per heavy atom. The van der Waals surface area contributed by atoms with Crippen molar-refractivity contribution in [1.82, 2.24) is 10.3 Å². The van der Waals surface area contributed by atoms with Crippen LogP contribution >= 0.6 is 0 Å². The van der Waals surface area contributed by atoms with Gasteiger partial charge in [0.05, 0.1) is 19.0 Å². The summed E-state index contributed by atoms with van der Waals surface area (Å²) in [6, 6.07) is 3.72. The molecule has 1 heterocycles. The molecule has 1 aromatic heterocycles. The number of pyridine rings is 1. The fourth-order valence-electron chi connectivity index (χ4n) is 1.39. The van der Waals surface area contributed by atoms with Crippen LogP contribution < -0.4 is 10.1 Å². The molecule has 110 valence electrons. The fourth-order valence-corrected chi connectivity index (χ4v) is 1.39. The van der Waals surface area contributed by atoms with Crippen molar-refractivity contribution in [2.45, 2.75) is 32.8 Å². The van der Waals surface area contributed by atoms with Crippen molar-refractivity contribution in [3.63, 3.8) is 0 Å². The number of rotatable bonds is 5. The Morgan fingerprint density at radius 3 is 2.70 bits per heavy atom. The Bertz CT molecular complexity index is 447. The van der Waals surface area contributed by atoms with E-state index in [9.17, 15) is 4.79 Å². The van der Waals surface area contributed by atoms with Crippen molar-refractivity contribution < 1.29 is 14.3 Å². The van der Waals surface area contributed by atoms with E-state index in [2.05, 4.69) is 10.3 Å². The normalized spacial score (nSPS) is 11.4. The van der Waals surface area contributed by atoms with Gasteiger partial charge in [0.25, 0.3) is 0 Å². The molecule has 5 nitrogen and oxygen atoms in total. The molecule has 0 saturated carbocycles. The van der Waals surface area contributed by atoms with Crippen molar-refractivity contribution in [2.75, 3.05) is 13.7 Å². The molecule has 0 bridgehead atoms. The van der Waals surface area contributed by atoms with E-state index in [4.69, 9.17) is 9.47 Å². The maximum absolute atomic E-state index is 11.4. The lowest BCUT2D eigenvalue weighted by molar-refractivity contribution is 0.0529. The highest BCUT2D eigenvalue weighted by atomic mass is 16.6. The van der Waals surface area contributed by atoms with Crippen LogP contribution in [-0.2, 0) is 4.74 Å². The lowest BCUT2D eigenvalue weighted by Crippen LogP contribution is -2.32. The number of hydrogen-bond donors (Lipinski definition) is 1. The second kappa shape index (κ2) is 7.53. The summed E-state index contributed by atoms with van der Waals surface area (Å²) >= 11 is 0. The van der Waals surface area contributed by atoms with E-state index in [0.29, 0.717) is 13.0 Å². The lowest BCUT2D eigenvalue weighted by Gasteiger charge is -2.19. The largest absolute Gasteiger partial charge is 0.495 e. The number of ether oxygens (including phenoxy) is 2. The van der Waals surface area contributed by atoms with Crippen LogP contribution in [0.25, 0.3) is 6.08 Å². The average Bonchev–Trinajstić information content (AvgIpc) is 2.37. The van der Waals surface area contributed by atoms with E-state index >= 15 is 0 Å². The molecule has 0 fully saturated rings. The Kier molecular flexibility index (Phi) is 6.03. The van der Waals surface area contributed by atoms with Crippen LogP contribution in [-0.4, -0.2) is 30.3 Å². The summed E-state index contributed by atoms with van der Waals surface area (Å²) in [5.41, 5.74) is 0.385. The number of hydrogen-bond acceptors (Lipinski definition) is 4. The first-order valence-corrected chi connectivity index (χ1v) is 6.54. The molecule has 1 aromatic rings. The van der Waals surface area contributed by atoms with E-state index in [1.807, 2.05) is 45.1 Å². The van der Waals surface area contributed by atoms with Crippen LogP contribution in [0.3, 0.4) is 0 Å². The van der Waals surface area contributed by atoms with Crippen molar-refractivity contribution in [3.8, 4) is 5.75 Å². The Balaban J connectivity index is 2.26. The average molecular weight is 278 g/mol. The SMILES string of the molecule is COc1ccc(C=CCCNC(=O)OC(C)(C)C)nc1. The van der Waals surface area contributed by atoms with Gasteiger partial charge in [-0.2, -0.15) is 0 Å². The molecule has 0 spiro atoms. The van der Waals surface area contributed by atoms with Crippen molar-refractivity contribution >= 4 is 12.2 Å². The van der Waals surface area contributed by atoms with Crippen LogP contribution in [0.5, 0.6) is 5.75 Å². The Hall–Kier alpha value is -2.04. The number of aromatic nitrogens is 1. The number of nitrogens with one attached hydrogen (secondary N) is 1. The predicted octanol–water partition coefficient (Wildman–Crippen LogP) is 3.02. The third-order valence-corrected chi connectivity index (χ3v) is 2.26. The molecule has 0 aliphatic heterocycles. The monoisotopic (exact) mass is 278 g/mol. The van der Waals surface area contributed by atoms with Crippen molar-refractivity contribution in [1.29, 1.82) is 0 Å². The van der Waals surface area contributed by atoms with E-state index in [0.717, 1.165) is 11.4 Å². The molecule has 0 aliphatic carbocycles. The zero-order valence-electron chi connectivity index (χ0n) is 12.5. The first-order valence-electron chi connectivity index (χ1n) is 6.54. The minimum absolute atomic E-state index is 0.395. The van der Waals surface area contributed by atoms with Gasteiger partial charge in [-0.25, -0.2) is 4.79 Å². The summed E-state index contributed by atoms with van der Waals surface area (Å²) in [7, 11) is 1.61. The summed E-state index contributed by atoms with van der Waals surface area (Å²) in [5.74, 6) is 0.730. The summed E-state index contributed by atoms with van der Waals surface area (Å²) < 4.78 is 10.2. The maximum Gasteiger partial charge on any atom is 0.407 e. The first-order chi connectivity index (χ1) is 9.40. The van der Waals surface area contributed by atoms with Crippen LogP contribution in [0.1, 0.15) is 32.9 Å². The van der Waals surface area contributed by atoms with E-state index < -0.39 is 11.7 Å². The number of amides is 1. The second-order valence-electron chi connectivity index (χ2n) is 5.24. The second-order valence-corrected chi connectivity index (χ2v) is 5.24. The minimum atomic E-state index is -0.465. The molecule has 0 saturated heterocycles. The number of methoxy groups -OCH3 is 1. The van der Waals surface area contributed by atoms with Crippen LogP contribution in [0.4, 0.5) is 4.79 Å². The molecule has 0 atom stereocenters. The highest BCUT2D eigenvalue weighted by Gasteiger charge is 2.15. The first kappa shape index (κ1) is 16.0. The standard InChI is InChI=1S/C15H22N2O3/c1-15(2,3)20-14(18)16-10-6-5-7-12-8-9-13(19-4)11-17-12/h5,7-9,11H,6,10H2,1-4H3,(H,16,18). The van der Waals surface area contributed by atoms with E-state index in [-0.39, 0.29) is 0 Å². The summed E-state index contributed by atoms with van der Waals surface area (Å²) in [6.07, 6.45) is 5.84. The van der Waals surface area contributed by atoms with E-state index in [1.54, 1.807) is 13.3 Å². The van der Waals surface area contributed by atoms with Crippen LogP contribution in [0.2, 0.25) is 0 Å². The van der Waals surface area contributed by atoms with Gasteiger partial charge in [0.15, 0.2) is 0 Å². The third-order valence-electron chi connectivity index (χ3n) is 2.26. The molecular weight excluding hydrogens is 256 g/mol. The molecule has 0 aliphatic rings. The van der Waals surface area contributed by atoms with Gasteiger partial charge in [-0.05, 0) is 45.4 Å². The fraction of sp³-hybridized carbons (Fsp3) is 0.467. The minimum Gasteiger partial charge on any atom is -0.495 e. The highest BCUT2D eigenvalue weighted by molar-refractivity contribution is 5.67. The van der Waals surface area contributed by atoms with Crippen molar-refractivity contribution in [2.24, 2.45) is 0 Å². The van der Waals surface area contributed by atoms with E-state index in [1.165, 1.54) is 0 Å². The zero-order chi connectivity index (χ0) is 15.0. The smallest absolute Gasteiger partial charge is 0.407 e. The topological polar surface area (TPSA) is 60.5 Å². The molecule has 20 heavy (non-hydrogen) atoms. The molecule has 0 unspecified atom stereocenters. The predicted molar refractivity (Wildman–Crippen MR) is 78.7 cm³/mol. The quantitative estimate of drug-likeness (QED) is 0.841. The van der Waals surface area contributed by atoms with Crippen LogP contribution in [0, 0.1) is 0 Å². The van der Waals surface area contributed by atoms with Crippen LogP contribution in [0.15, 0.2) is 24.4 Å². The highest BCUT2D eigenvalue weighted by Crippen LogP contribution is 2.09. The molecular formula is C15H22N2O3. The maximum atomic E-state index is 11.4. The number of nitrogens with zero attached hydrogens (tertiary/aromatic N) is 1. The van der Waals surface area contributed by atoms with Crippen molar-refractivity contribution in [3.05, 3.63) is 30.1 Å². The molecule has 0 aromatic carbocycles. The van der Waals surface area contributed by atoms with Gasteiger partial charge < -0.3 is 14.8 Å².